The van der Waals surface area contributed by atoms with Gasteiger partial charge in [0.05, 0.1) is 10.5 Å². The van der Waals surface area contributed by atoms with Gasteiger partial charge in [-0.2, -0.15) is 0 Å². The van der Waals surface area contributed by atoms with E-state index in [2.05, 4.69) is 23.6 Å². The Labute approximate surface area is 105 Å². The van der Waals surface area contributed by atoms with Crippen molar-refractivity contribution in [2.45, 2.75) is 19.0 Å². The van der Waals surface area contributed by atoms with E-state index in [0.29, 0.717) is 6.04 Å². The van der Waals surface area contributed by atoms with Crippen LogP contribution in [0.15, 0.2) is 18.3 Å². The largest absolute Gasteiger partial charge is 0.346 e. The van der Waals surface area contributed by atoms with Crippen LogP contribution in [0.2, 0.25) is 5.02 Å². The van der Waals surface area contributed by atoms with Crippen LogP contribution in [0, 0.1) is 5.82 Å². The highest BCUT2D eigenvalue weighted by atomic mass is 35.5. The summed E-state index contributed by atoms with van der Waals surface area (Å²) in [6.45, 7) is 0.936. The third-order valence-corrected chi connectivity index (χ3v) is 3.99. The van der Waals surface area contributed by atoms with Gasteiger partial charge < -0.3 is 9.47 Å². The van der Waals surface area contributed by atoms with Crippen molar-refractivity contribution in [3.63, 3.8) is 0 Å². The van der Waals surface area contributed by atoms with Gasteiger partial charge in [-0.25, -0.2) is 4.39 Å². The van der Waals surface area contributed by atoms with Gasteiger partial charge >= 0.3 is 0 Å². The minimum atomic E-state index is -0.314. The Kier molecular flexibility index (Phi) is 2.42. The highest BCUT2D eigenvalue weighted by molar-refractivity contribution is 6.35. The number of halogens is 2. The molecule has 4 heteroatoms. The van der Waals surface area contributed by atoms with Crippen LogP contribution < -0.4 is 0 Å². The van der Waals surface area contributed by atoms with E-state index in [4.69, 9.17) is 11.6 Å². The van der Waals surface area contributed by atoms with Gasteiger partial charge in [0.25, 0.3) is 0 Å². The standard InChI is InChI=1S/C13H14ClFN2/c1-16(2)9-5-8-6-11(15)12(14)10-3-4-17(7-9)13(8)10/h3-4,6,9H,5,7H2,1-2H3/t9-/m1/s1. The van der Waals surface area contributed by atoms with Crippen LogP contribution in [0.25, 0.3) is 10.9 Å². The second kappa shape index (κ2) is 3.72. The maximum absolute atomic E-state index is 13.7. The van der Waals surface area contributed by atoms with Crippen LogP contribution in [-0.4, -0.2) is 29.6 Å². The van der Waals surface area contributed by atoms with Crippen molar-refractivity contribution < 1.29 is 4.39 Å². The molecule has 0 unspecified atom stereocenters. The molecule has 17 heavy (non-hydrogen) atoms. The Balaban J connectivity index is 2.23. The molecule has 90 valence electrons. The molecule has 1 aromatic heterocycles. The number of hydrogen-bond acceptors (Lipinski definition) is 1. The molecule has 0 amide bonds. The zero-order chi connectivity index (χ0) is 12.2. The SMILES string of the molecule is CN(C)[C@@H]1Cc2cc(F)c(Cl)c3ccn(c23)C1. The normalized spacial score (nSPS) is 19.2. The predicted octanol–water partition coefficient (Wildman–Crippen LogP) is 2.92. The quantitative estimate of drug-likeness (QED) is 0.758. The molecular weight excluding hydrogens is 239 g/mol. The molecule has 0 N–H and O–H groups in total. The summed E-state index contributed by atoms with van der Waals surface area (Å²) in [5.74, 6) is -0.314. The van der Waals surface area contributed by atoms with Crippen molar-refractivity contribution in [2.75, 3.05) is 14.1 Å². The fraction of sp³-hybridized carbons (Fsp3) is 0.385. The Hall–Kier alpha value is -1.06. The van der Waals surface area contributed by atoms with E-state index in [0.717, 1.165) is 29.4 Å². The smallest absolute Gasteiger partial charge is 0.142 e. The summed E-state index contributed by atoms with van der Waals surface area (Å²) in [4.78, 5) is 2.18. The van der Waals surface area contributed by atoms with E-state index in [9.17, 15) is 4.39 Å². The molecule has 0 radical (unpaired) electrons. The maximum atomic E-state index is 13.7. The highest BCUT2D eigenvalue weighted by Crippen LogP contribution is 2.34. The monoisotopic (exact) mass is 252 g/mol. The van der Waals surface area contributed by atoms with Crippen LogP contribution >= 0.6 is 11.6 Å². The van der Waals surface area contributed by atoms with E-state index in [-0.39, 0.29) is 10.8 Å². The Morgan fingerprint density at radius 2 is 2.24 bits per heavy atom. The first kappa shape index (κ1) is 11.1. The lowest BCUT2D eigenvalue weighted by Crippen LogP contribution is -2.36. The molecular formula is C13H14ClFN2. The molecule has 3 rings (SSSR count). The van der Waals surface area contributed by atoms with Gasteiger partial charge in [0.1, 0.15) is 5.82 Å². The molecule has 2 nitrogen and oxygen atoms in total. The van der Waals surface area contributed by atoms with Crippen molar-refractivity contribution >= 4 is 22.5 Å². The molecule has 1 aliphatic heterocycles. The number of aromatic nitrogens is 1. The number of nitrogens with zero attached hydrogens (tertiary/aromatic N) is 2. The van der Waals surface area contributed by atoms with Gasteiger partial charge in [0.15, 0.2) is 0 Å². The number of likely N-dealkylation sites (N-methyl/N-ethyl adjacent to an activating group) is 1. The molecule has 0 fully saturated rings. The minimum Gasteiger partial charge on any atom is -0.346 e. The summed E-state index contributed by atoms with van der Waals surface area (Å²) in [6, 6.07) is 3.90. The zero-order valence-electron chi connectivity index (χ0n) is 9.87. The number of benzene rings is 1. The average molecular weight is 253 g/mol. The Morgan fingerprint density at radius 3 is 2.94 bits per heavy atom. The number of rotatable bonds is 1. The fourth-order valence-corrected chi connectivity index (χ4v) is 2.83. The zero-order valence-corrected chi connectivity index (χ0v) is 10.6. The highest BCUT2D eigenvalue weighted by Gasteiger charge is 2.24. The summed E-state index contributed by atoms with van der Waals surface area (Å²) >= 11 is 5.99. The van der Waals surface area contributed by atoms with Gasteiger partial charge in [0, 0.05) is 24.2 Å². The molecule has 2 aromatic rings. The minimum absolute atomic E-state index is 0.241. The van der Waals surface area contributed by atoms with Crippen LogP contribution in [0.5, 0.6) is 0 Å². The third kappa shape index (κ3) is 1.57. The molecule has 0 saturated carbocycles. The topological polar surface area (TPSA) is 8.17 Å². The van der Waals surface area contributed by atoms with E-state index < -0.39 is 0 Å². The van der Waals surface area contributed by atoms with Crippen LogP contribution in [0.4, 0.5) is 4.39 Å². The average Bonchev–Trinajstić information content (AvgIpc) is 2.70. The molecule has 0 bridgehead atoms. The lowest BCUT2D eigenvalue weighted by atomic mass is 9.99. The van der Waals surface area contributed by atoms with E-state index in [1.165, 1.54) is 0 Å². The summed E-state index contributed by atoms with van der Waals surface area (Å²) < 4.78 is 15.9. The van der Waals surface area contributed by atoms with Gasteiger partial charge in [-0.05, 0) is 38.2 Å². The van der Waals surface area contributed by atoms with Gasteiger partial charge in [-0.15, -0.1) is 0 Å². The predicted molar refractivity (Wildman–Crippen MR) is 68.1 cm³/mol. The maximum Gasteiger partial charge on any atom is 0.142 e. The second-order valence-electron chi connectivity index (χ2n) is 4.88. The molecule has 1 atom stereocenters. The lowest BCUT2D eigenvalue weighted by Gasteiger charge is -2.30. The summed E-state index contributed by atoms with van der Waals surface area (Å²) in [7, 11) is 4.12. The summed E-state index contributed by atoms with van der Waals surface area (Å²) in [5.41, 5.74) is 2.14. The fourth-order valence-electron chi connectivity index (χ4n) is 2.62. The van der Waals surface area contributed by atoms with E-state index in [1.54, 1.807) is 6.07 Å². The molecule has 1 aromatic carbocycles. The first-order chi connectivity index (χ1) is 8.08. The second-order valence-corrected chi connectivity index (χ2v) is 5.26. The Morgan fingerprint density at radius 1 is 1.47 bits per heavy atom. The van der Waals surface area contributed by atoms with Crippen LogP contribution in [-0.2, 0) is 13.0 Å². The van der Waals surface area contributed by atoms with Crippen molar-refractivity contribution in [3.05, 3.63) is 34.7 Å². The first-order valence-corrected chi connectivity index (χ1v) is 6.08. The van der Waals surface area contributed by atoms with Crippen molar-refractivity contribution in [1.82, 2.24) is 9.47 Å². The van der Waals surface area contributed by atoms with Gasteiger partial charge in [0.2, 0.25) is 0 Å². The molecule has 0 spiro atoms. The summed E-state index contributed by atoms with van der Waals surface area (Å²) in [6.07, 6.45) is 2.87. The van der Waals surface area contributed by atoms with Crippen molar-refractivity contribution in [2.24, 2.45) is 0 Å². The van der Waals surface area contributed by atoms with Crippen molar-refractivity contribution in [1.29, 1.82) is 0 Å². The van der Waals surface area contributed by atoms with Crippen LogP contribution in [0.1, 0.15) is 5.56 Å². The lowest BCUT2D eigenvalue weighted by molar-refractivity contribution is 0.258. The van der Waals surface area contributed by atoms with Crippen LogP contribution in [0.3, 0.4) is 0 Å². The Bertz CT molecular complexity index is 589. The van der Waals surface area contributed by atoms with Gasteiger partial charge in [-0.3, -0.25) is 0 Å². The third-order valence-electron chi connectivity index (χ3n) is 3.61. The van der Waals surface area contributed by atoms with Crippen molar-refractivity contribution in [3.8, 4) is 0 Å². The molecule has 2 heterocycles. The summed E-state index contributed by atoms with van der Waals surface area (Å²) in [5, 5.41) is 1.07. The van der Waals surface area contributed by atoms with E-state index >= 15 is 0 Å². The van der Waals surface area contributed by atoms with E-state index in [1.807, 2.05) is 12.3 Å². The number of hydrogen-bond donors (Lipinski definition) is 0. The molecule has 1 aliphatic rings. The first-order valence-electron chi connectivity index (χ1n) is 5.70. The molecule has 0 aliphatic carbocycles. The van der Waals surface area contributed by atoms with Gasteiger partial charge in [-0.1, -0.05) is 11.6 Å². The molecule has 0 saturated heterocycles.